The number of nitrogens with one attached hydrogen (secondary N) is 1. The fourth-order valence-electron chi connectivity index (χ4n) is 3.06. The minimum atomic E-state index is -1.81. The average Bonchev–Trinajstić information content (AvgIpc) is 2.80. The summed E-state index contributed by atoms with van der Waals surface area (Å²) in [7, 11) is 0. The van der Waals surface area contributed by atoms with Crippen molar-refractivity contribution in [3.63, 3.8) is 0 Å². The molecule has 0 amide bonds. The standard InChI is InChI=1S/C16H21NO3.C6H10O7/c1-12(2)17-10-14(20-18)11-19-16-9-5-7-13-6-3-4-8-15(13)16;7-1-2(8)4(5(10)11)13-6(12)3(1)9/h3-9,12,14,17-18H,10-11H2,1-2H3;1-4,6-9,12H,(H,10,11)/t;1-,2-,3+,4-,6?/m.0/s1. The predicted octanol–water partition coefficient (Wildman–Crippen LogP) is -0.0543. The summed E-state index contributed by atoms with van der Waals surface area (Å²) in [4.78, 5) is 14.8. The zero-order valence-electron chi connectivity index (χ0n) is 18.3. The first-order chi connectivity index (χ1) is 15.6. The van der Waals surface area contributed by atoms with Gasteiger partial charge >= 0.3 is 5.97 Å². The lowest BCUT2D eigenvalue weighted by molar-refractivity contribution is -0.281. The molecule has 1 fully saturated rings. The lowest BCUT2D eigenvalue weighted by Crippen LogP contribution is -2.59. The minimum absolute atomic E-state index is 0.296. The molecule has 0 aromatic heterocycles. The number of carboxylic acid groups (broad SMARTS) is 1. The molecule has 1 heterocycles. The molecule has 11 nitrogen and oxygen atoms in total. The van der Waals surface area contributed by atoms with Gasteiger partial charge in [-0.05, 0) is 11.5 Å². The van der Waals surface area contributed by atoms with Crippen LogP contribution in [0.1, 0.15) is 13.8 Å². The summed E-state index contributed by atoms with van der Waals surface area (Å²) >= 11 is 0. The second kappa shape index (κ2) is 12.8. The molecule has 0 radical (unpaired) electrons. The van der Waals surface area contributed by atoms with Gasteiger partial charge in [0.25, 0.3) is 0 Å². The zero-order chi connectivity index (χ0) is 24.5. The molecule has 0 spiro atoms. The topological polar surface area (TPSA) is 178 Å². The van der Waals surface area contributed by atoms with Gasteiger partial charge in [0, 0.05) is 18.0 Å². The van der Waals surface area contributed by atoms with E-state index in [4.69, 9.17) is 35.5 Å². The number of hydrogen-bond acceptors (Lipinski definition) is 10. The van der Waals surface area contributed by atoms with Crippen LogP contribution in [0, 0.1) is 0 Å². The molecule has 2 unspecified atom stereocenters. The van der Waals surface area contributed by atoms with Crippen LogP contribution < -0.4 is 10.1 Å². The lowest BCUT2D eigenvalue weighted by Gasteiger charge is -2.36. The van der Waals surface area contributed by atoms with Crippen LogP contribution in [0.2, 0.25) is 0 Å². The van der Waals surface area contributed by atoms with E-state index >= 15 is 0 Å². The molecule has 11 heteroatoms. The van der Waals surface area contributed by atoms with E-state index in [1.807, 2.05) is 56.3 Å². The Labute approximate surface area is 190 Å². The number of benzene rings is 2. The number of hydrogen-bond donors (Lipinski definition) is 7. The van der Waals surface area contributed by atoms with E-state index in [1.165, 1.54) is 0 Å². The Kier molecular flexibility index (Phi) is 10.4. The third-order valence-electron chi connectivity index (χ3n) is 4.91. The molecule has 1 saturated heterocycles. The number of aliphatic carboxylic acids is 1. The summed E-state index contributed by atoms with van der Waals surface area (Å²) in [6.07, 6.45) is -9.12. The molecule has 7 N–H and O–H groups in total. The summed E-state index contributed by atoms with van der Waals surface area (Å²) in [5.41, 5.74) is 0. The molecule has 0 saturated carbocycles. The Morgan fingerprint density at radius 2 is 1.70 bits per heavy atom. The Morgan fingerprint density at radius 3 is 2.33 bits per heavy atom. The van der Waals surface area contributed by atoms with Gasteiger partial charge in [-0.15, -0.1) is 0 Å². The van der Waals surface area contributed by atoms with Crippen LogP contribution in [-0.2, 0) is 14.4 Å². The molecule has 6 atom stereocenters. The van der Waals surface area contributed by atoms with Crippen molar-refractivity contribution in [2.75, 3.05) is 13.2 Å². The van der Waals surface area contributed by atoms with Crippen LogP contribution in [0.4, 0.5) is 0 Å². The van der Waals surface area contributed by atoms with Gasteiger partial charge in [-0.2, -0.15) is 0 Å². The number of carboxylic acids is 1. The third-order valence-corrected chi connectivity index (χ3v) is 4.91. The highest BCUT2D eigenvalue weighted by Gasteiger charge is 2.46. The summed E-state index contributed by atoms with van der Waals surface area (Å²) in [6, 6.07) is 14.3. The van der Waals surface area contributed by atoms with E-state index < -0.39 is 42.8 Å². The van der Waals surface area contributed by atoms with Crippen LogP contribution in [-0.4, -0.2) is 92.8 Å². The first-order valence-electron chi connectivity index (χ1n) is 10.4. The lowest BCUT2D eigenvalue weighted by atomic mass is 9.99. The first-order valence-corrected chi connectivity index (χ1v) is 10.4. The SMILES string of the molecule is CC(C)NCC(COc1cccc2ccccc12)OO.O=C(O)[C@H]1OC(O)[C@H](O)[C@@H](O)[C@@H]1O. The molecular weight excluding hydrogens is 438 g/mol. The van der Waals surface area contributed by atoms with Gasteiger partial charge in [0.15, 0.2) is 12.4 Å². The highest BCUT2D eigenvalue weighted by atomic mass is 17.1. The van der Waals surface area contributed by atoms with Crippen molar-refractivity contribution < 1.29 is 49.9 Å². The molecular formula is C22H31NO10. The average molecular weight is 469 g/mol. The molecule has 1 aliphatic heterocycles. The molecule has 0 aliphatic carbocycles. The van der Waals surface area contributed by atoms with Gasteiger partial charge in [-0.25, -0.2) is 9.68 Å². The van der Waals surface area contributed by atoms with Gasteiger partial charge in [0.2, 0.25) is 0 Å². The Morgan fingerprint density at radius 1 is 1.03 bits per heavy atom. The number of fused-ring (bicyclic) bond motifs is 1. The molecule has 3 rings (SSSR count). The van der Waals surface area contributed by atoms with Crippen LogP contribution in [0.5, 0.6) is 5.75 Å². The van der Waals surface area contributed by atoms with Gasteiger partial charge < -0.3 is 40.3 Å². The summed E-state index contributed by atoms with van der Waals surface area (Å²) in [5.74, 6) is -0.716. The van der Waals surface area contributed by atoms with Crippen molar-refractivity contribution in [1.82, 2.24) is 5.32 Å². The van der Waals surface area contributed by atoms with E-state index in [0.29, 0.717) is 19.2 Å². The van der Waals surface area contributed by atoms with Gasteiger partial charge in [-0.1, -0.05) is 50.2 Å². The van der Waals surface area contributed by atoms with Crippen LogP contribution >= 0.6 is 0 Å². The maximum absolute atomic E-state index is 10.4. The van der Waals surface area contributed by atoms with Crippen molar-refractivity contribution in [3.05, 3.63) is 42.5 Å². The summed E-state index contributed by atoms with van der Waals surface area (Å²) < 4.78 is 10.1. The zero-order valence-corrected chi connectivity index (χ0v) is 18.3. The van der Waals surface area contributed by atoms with Crippen molar-refractivity contribution >= 4 is 16.7 Å². The Balaban J connectivity index is 0.000000257. The second-order valence-electron chi connectivity index (χ2n) is 7.84. The predicted molar refractivity (Wildman–Crippen MR) is 117 cm³/mol. The third kappa shape index (κ3) is 7.59. The van der Waals surface area contributed by atoms with Crippen LogP contribution in [0.3, 0.4) is 0 Å². The second-order valence-corrected chi connectivity index (χ2v) is 7.84. The van der Waals surface area contributed by atoms with Crippen molar-refractivity contribution in [3.8, 4) is 5.75 Å². The molecule has 2 aromatic rings. The fraction of sp³-hybridized carbons (Fsp3) is 0.500. The van der Waals surface area contributed by atoms with E-state index in [-0.39, 0.29) is 0 Å². The minimum Gasteiger partial charge on any atom is -0.490 e. The molecule has 0 bridgehead atoms. The van der Waals surface area contributed by atoms with E-state index in [9.17, 15) is 4.79 Å². The number of rotatable bonds is 8. The number of ether oxygens (including phenoxy) is 2. The number of aliphatic hydroxyl groups is 4. The maximum Gasteiger partial charge on any atom is 0.335 e. The van der Waals surface area contributed by atoms with Crippen molar-refractivity contribution in [2.24, 2.45) is 0 Å². The Bertz CT molecular complexity index is 874. The largest absolute Gasteiger partial charge is 0.490 e. The van der Waals surface area contributed by atoms with E-state index in [2.05, 4.69) is 14.9 Å². The first kappa shape index (κ1) is 26.9. The maximum atomic E-state index is 10.4. The Hall–Kier alpha value is -2.35. The quantitative estimate of drug-likeness (QED) is 0.204. The number of carbonyl (C=O) groups is 1. The smallest absolute Gasteiger partial charge is 0.335 e. The fourth-order valence-corrected chi connectivity index (χ4v) is 3.06. The van der Waals surface area contributed by atoms with E-state index in [1.54, 1.807) is 0 Å². The molecule has 2 aromatic carbocycles. The van der Waals surface area contributed by atoms with Gasteiger partial charge in [0.1, 0.15) is 36.8 Å². The monoisotopic (exact) mass is 469 g/mol. The van der Waals surface area contributed by atoms with Crippen molar-refractivity contribution in [2.45, 2.75) is 56.7 Å². The highest BCUT2D eigenvalue weighted by Crippen LogP contribution is 2.25. The van der Waals surface area contributed by atoms with Crippen LogP contribution in [0.25, 0.3) is 10.8 Å². The van der Waals surface area contributed by atoms with Crippen LogP contribution in [0.15, 0.2) is 42.5 Å². The van der Waals surface area contributed by atoms with Crippen molar-refractivity contribution in [1.29, 1.82) is 0 Å². The van der Waals surface area contributed by atoms with Gasteiger partial charge in [0.05, 0.1) is 0 Å². The normalized spacial score (nSPS) is 25.9. The molecule has 33 heavy (non-hydrogen) atoms. The van der Waals surface area contributed by atoms with E-state index in [0.717, 1.165) is 16.5 Å². The number of aliphatic hydroxyl groups excluding tert-OH is 4. The van der Waals surface area contributed by atoms with Gasteiger partial charge in [-0.3, -0.25) is 5.26 Å². The summed E-state index contributed by atoms with van der Waals surface area (Å²) in [6.45, 7) is 4.92. The highest BCUT2D eigenvalue weighted by molar-refractivity contribution is 5.88. The molecule has 184 valence electrons. The molecule has 1 aliphatic rings. The summed E-state index contributed by atoms with van der Waals surface area (Å²) in [5, 5.41) is 58.7.